The molecule has 0 aromatic heterocycles. The lowest BCUT2D eigenvalue weighted by Gasteiger charge is -2.30. The molecule has 4 N–H and O–H groups in total. The molecule has 1 aromatic rings. The summed E-state index contributed by atoms with van der Waals surface area (Å²) in [5.41, 5.74) is 6.37. The van der Waals surface area contributed by atoms with E-state index in [1.54, 1.807) is 0 Å². The number of likely N-dealkylation sites (tertiary alicyclic amines) is 1. The van der Waals surface area contributed by atoms with Gasteiger partial charge in [0.1, 0.15) is 5.75 Å². The Hall–Kier alpha value is -2.15. The fourth-order valence-electron chi connectivity index (χ4n) is 2.58. The Morgan fingerprint density at radius 2 is 2.09 bits per heavy atom. The first-order valence-corrected chi connectivity index (χ1v) is 7.69. The second kappa shape index (κ2) is 7.41. The maximum absolute atomic E-state index is 12.3. The summed E-state index contributed by atoms with van der Waals surface area (Å²) < 4.78 is 5.16. The van der Waals surface area contributed by atoms with Gasteiger partial charge in [0.15, 0.2) is 0 Å². The second-order valence-corrected chi connectivity index (χ2v) is 5.90. The van der Waals surface area contributed by atoms with Crippen molar-refractivity contribution >= 4 is 29.3 Å². The van der Waals surface area contributed by atoms with Crippen LogP contribution < -0.4 is 15.8 Å². The number of carbonyl (C=O) groups excluding carboxylic acids is 1. The third-order valence-corrected chi connectivity index (χ3v) is 4.33. The molecule has 0 unspecified atom stereocenters. The lowest BCUT2D eigenvalue weighted by atomic mass is 9.97. The molecule has 0 radical (unpaired) electrons. The molecule has 0 spiro atoms. The molecule has 0 aliphatic carbocycles. The molecule has 1 saturated heterocycles. The van der Waals surface area contributed by atoms with E-state index in [1.807, 2.05) is 0 Å². The number of nitrogens with zero attached hydrogens (tertiary/aromatic N) is 1. The van der Waals surface area contributed by atoms with Crippen LogP contribution in [0.15, 0.2) is 12.1 Å². The summed E-state index contributed by atoms with van der Waals surface area (Å²) in [5.74, 6) is 0.333. The third-order valence-electron chi connectivity index (χ3n) is 4.00. The molecule has 1 aliphatic rings. The van der Waals surface area contributed by atoms with Gasteiger partial charge in [-0.25, -0.2) is 4.79 Å². The minimum absolute atomic E-state index is 0.254. The number of ether oxygens (including phenoxy) is 1. The van der Waals surface area contributed by atoms with E-state index in [-0.39, 0.29) is 11.8 Å². The summed E-state index contributed by atoms with van der Waals surface area (Å²) in [5, 5.41) is 12.1. The quantitative estimate of drug-likeness (QED) is 0.727. The first kappa shape index (κ1) is 17.2. The molecule has 23 heavy (non-hydrogen) atoms. The monoisotopic (exact) mass is 341 g/mol. The second-order valence-electron chi connectivity index (χ2n) is 5.50. The van der Waals surface area contributed by atoms with Crippen molar-refractivity contribution in [3.63, 3.8) is 0 Å². The molecule has 2 rings (SSSR count). The van der Waals surface area contributed by atoms with Gasteiger partial charge >= 0.3 is 6.09 Å². The van der Waals surface area contributed by atoms with Crippen molar-refractivity contribution in [3.05, 3.63) is 22.7 Å². The maximum atomic E-state index is 12.3. The number of rotatable bonds is 4. The summed E-state index contributed by atoms with van der Waals surface area (Å²) in [6.45, 7) is 1.47. The minimum Gasteiger partial charge on any atom is -0.496 e. The summed E-state index contributed by atoms with van der Waals surface area (Å²) >= 11 is 5.96. The third kappa shape index (κ3) is 4.19. The highest BCUT2D eigenvalue weighted by Crippen LogP contribution is 2.28. The van der Waals surface area contributed by atoms with Crippen LogP contribution >= 0.6 is 11.6 Å². The average molecular weight is 342 g/mol. The number of hydrogen-bond donors (Lipinski definition) is 3. The molecule has 1 aliphatic heterocycles. The molecular formula is C15H20ClN3O4. The zero-order valence-electron chi connectivity index (χ0n) is 12.8. The van der Waals surface area contributed by atoms with E-state index < -0.39 is 6.09 Å². The molecule has 126 valence electrons. The summed E-state index contributed by atoms with van der Waals surface area (Å²) in [7, 11) is 1.46. The number of carbonyl (C=O) groups is 2. The SMILES string of the molecule is COc1cc(N)c(Cl)cc1C(=O)NCC1CCN(C(=O)O)CC1. The molecule has 1 aromatic carbocycles. The number of anilines is 1. The molecule has 8 heteroatoms. The number of piperidine rings is 1. The zero-order chi connectivity index (χ0) is 17.0. The number of nitrogen functional groups attached to an aromatic ring is 1. The largest absolute Gasteiger partial charge is 0.496 e. The molecule has 7 nitrogen and oxygen atoms in total. The Morgan fingerprint density at radius 1 is 1.43 bits per heavy atom. The van der Waals surface area contributed by atoms with E-state index in [4.69, 9.17) is 27.2 Å². The Bertz CT molecular complexity index is 601. The summed E-state index contributed by atoms with van der Waals surface area (Å²) in [6.07, 6.45) is 0.562. The van der Waals surface area contributed by atoms with Gasteiger partial charge in [-0.2, -0.15) is 0 Å². The maximum Gasteiger partial charge on any atom is 0.407 e. The van der Waals surface area contributed by atoms with Crippen LogP contribution in [-0.2, 0) is 0 Å². The van der Waals surface area contributed by atoms with Crippen LogP contribution in [0.5, 0.6) is 5.75 Å². The van der Waals surface area contributed by atoms with E-state index in [0.717, 1.165) is 12.8 Å². The molecule has 0 bridgehead atoms. The number of halogens is 1. The van der Waals surface area contributed by atoms with Gasteiger partial charge in [-0.15, -0.1) is 0 Å². The molecule has 2 amide bonds. The van der Waals surface area contributed by atoms with Crippen LogP contribution in [0.3, 0.4) is 0 Å². The van der Waals surface area contributed by atoms with E-state index >= 15 is 0 Å². The van der Waals surface area contributed by atoms with Crippen LogP contribution in [-0.4, -0.2) is 48.8 Å². The number of hydrogen-bond acceptors (Lipinski definition) is 4. The van der Waals surface area contributed by atoms with Crippen molar-refractivity contribution in [1.29, 1.82) is 0 Å². The molecule has 1 fully saturated rings. The van der Waals surface area contributed by atoms with Gasteiger partial charge in [-0.05, 0) is 24.8 Å². The first-order valence-electron chi connectivity index (χ1n) is 7.31. The highest BCUT2D eigenvalue weighted by Gasteiger charge is 2.23. The van der Waals surface area contributed by atoms with Crippen molar-refractivity contribution in [2.45, 2.75) is 12.8 Å². The smallest absolute Gasteiger partial charge is 0.407 e. The standard InChI is InChI=1S/C15H20ClN3O4/c1-23-13-7-12(17)11(16)6-10(13)14(20)18-8-9-2-4-19(5-3-9)15(21)22/h6-7,9H,2-5,8,17H2,1H3,(H,18,20)(H,21,22). The van der Waals surface area contributed by atoms with Crippen molar-refractivity contribution < 1.29 is 19.4 Å². The normalized spacial score (nSPS) is 15.3. The van der Waals surface area contributed by atoms with E-state index in [9.17, 15) is 9.59 Å². The fourth-order valence-corrected chi connectivity index (χ4v) is 2.74. The van der Waals surface area contributed by atoms with Crippen molar-refractivity contribution in [1.82, 2.24) is 10.2 Å². The van der Waals surface area contributed by atoms with E-state index in [1.165, 1.54) is 24.1 Å². The van der Waals surface area contributed by atoms with Crippen LogP contribution in [0.4, 0.5) is 10.5 Å². The minimum atomic E-state index is -0.895. The predicted molar refractivity (Wildman–Crippen MR) is 87.1 cm³/mol. The van der Waals surface area contributed by atoms with Gasteiger partial charge in [0, 0.05) is 25.7 Å². The highest BCUT2D eigenvalue weighted by molar-refractivity contribution is 6.33. The van der Waals surface area contributed by atoms with Gasteiger partial charge in [-0.1, -0.05) is 11.6 Å². The molecule has 0 atom stereocenters. The Balaban J connectivity index is 1.93. The fraction of sp³-hybridized carbons (Fsp3) is 0.467. The van der Waals surface area contributed by atoms with Crippen molar-refractivity contribution in [2.24, 2.45) is 5.92 Å². The molecular weight excluding hydrogens is 322 g/mol. The van der Waals surface area contributed by atoms with Gasteiger partial charge < -0.3 is 25.8 Å². The summed E-state index contributed by atoms with van der Waals surface area (Å²) in [6, 6.07) is 3.00. The van der Waals surface area contributed by atoms with E-state index in [2.05, 4.69) is 5.32 Å². The Morgan fingerprint density at radius 3 is 2.65 bits per heavy atom. The topological polar surface area (TPSA) is 105 Å². The number of methoxy groups -OCH3 is 1. The summed E-state index contributed by atoms with van der Waals surface area (Å²) in [4.78, 5) is 24.6. The highest BCUT2D eigenvalue weighted by atomic mass is 35.5. The molecule has 1 heterocycles. The van der Waals surface area contributed by atoms with Gasteiger partial charge in [-0.3, -0.25) is 4.79 Å². The zero-order valence-corrected chi connectivity index (χ0v) is 13.6. The van der Waals surface area contributed by atoms with Crippen molar-refractivity contribution in [2.75, 3.05) is 32.5 Å². The van der Waals surface area contributed by atoms with E-state index in [0.29, 0.717) is 41.7 Å². The van der Waals surface area contributed by atoms with Gasteiger partial charge in [0.05, 0.1) is 23.4 Å². The predicted octanol–water partition coefficient (Wildman–Crippen LogP) is 2.05. The number of nitrogens with two attached hydrogens (primary N) is 1. The average Bonchev–Trinajstić information content (AvgIpc) is 2.55. The first-order chi connectivity index (χ1) is 10.9. The van der Waals surface area contributed by atoms with Crippen molar-refractivity contribution in [3.8, 4) is 5.75 Å². The number of nitrogens with one attached hydrogen (secondary N) is 1. The van der Waals surface area contributed by atoms with Crippen LogP contribution in [0.25, 0.3) is 0 Å². The number of amides is 2. The lowest BCUT2D eigenvalue weighted by molar-refractivity contribution is 0.0926. The number of benzene rings is 1. The van der Waals surface area contributed by atoms with Crippen LogP contribution in [0.1, 0.15) is 23.2 Å². The number of carboxylic acid groups (broad SMARTS) is 1. The Labute approximate surface area is 139 Å². The van der Waals surface area contributed by atoms with Gasteiger partial charge in [0.25, 0.3) is 5.91 Å². The lowest BCUT2D eigenvalue weighted by Crippen LogP contribution is -2.40. The van der Waals surface area contributed by atoms with Crippen LogP contribution in [0.2, 0.25) is 5.02 Å². The Kier molecular flexibility index (Phi) is 5.54. The van der Waals surface area contributed by atoms with Crippen LogP contribution in [0, 0.1) is 5.92 Å². The molecule has 0 saturated carbocycles. The van der Waals surface area contributed by atoms with Gasteiger partial charge in [0.2, 0.25) is 0 Å².